The second-order valence-corrected chi connectivity index (χ2v) is 4.65. The van der Waals surface area contributed by atoms with Gasteiger partial charge >= 0.3 is 5.97 Å². The summed E-state index contributed by atoms with van der Waals surface area (Å²) in [5.74, 6) is -0.753. The van der Waals surface area contributed by atoms with Gasteiger partial charge in [0.05, 0.1) is 0 Å². The van der Waals surface area contributed by atoms with Crippen molar-refractivity contribution in [1.82, 2.24) is 15.1 Å². The lowest BCUT2D eigenvalue weighted by atomic mass is 10.2. The van der Waals surface area contributed by atoms with Gasteiger partial charge in [-0.05, 0) is 26.4 Å². The zero-order chi connectivity index (χ0) is 12.7. The van der Waals surface area contributed by atoms with Crippen LogP contribution in [0.5, 0.6) is 0 Å². The number of piperazine rings is 1. The van der Waals surface area contributed by atoms with Gasteiger partial charge in [-0.15, -0.1) is 0 Å². The Bertz CT molecular complexity index is 228. The van der Waals surface area contributed by atoms with Gasteiger partial charge in [-0.25, -0.2) is 0 Å². The molecule has 1 rings (SSSR count). The Kier molecular flexibility index (Phi) is 6.47. The van der Waals surface area contributed by atoms with E-state index >= 15 is 0 Å². The molecule has 0 aromatic carbocycles. The quantitative estimate of drug-likeness (QED) is 0.663. The first-order chi connectivity index (χ1) is 8.17. The molecule has 100 valence electrons. The van der Waals surface area contributed by atoms with Crippen LogP contribution < -0.4 is 5.32 Å². The third kappa shape index (κ3) is 5.02. The summed E-state index contributed by atoms with van der Waals surface area (Å²) in [6.07, 6.45) is 1.89. The molecule has 1 heterocycles. The molecule has 0 spiro atoms. The van der Waals surface area contributed by atoms with Gasteiger partial charge in [-0.1, -0.05) is 6.92 Å². The van der Waals surface area contributed by atoms with E-state index in [0.29, 0.717) is 6.42 Å². The van der Waals surface area contributed by atoms with Gasteiger partial charge in [0.2, 0.25) is 0 Å². The molecule has 17 heavy (non-hydrogen) atoms. The second kappa shape index (κ2) is 7.63. The lowest BCUT2D eigenvalue weighted by molar-refractivity contribution is -0.139. The van der Waals surface area contributed by atoms with Gasteiger partial charge in [0.1, 0.15) is 6.04 Å². The Balaban J connectivity index is 2.19. The zero-order valence-corrected chi connectivity index (χ0v) is 11.0. The molecule has 0 aromatic heterocycles. The van der Waals surface area contributed by atoms with Crippen LogP contribution in [-0.2, 0) is 4.79 Å². The average molecular weight is 243 g/mol. The van der Waals surface area contributed by atoms with E-state index in [1.807, 2.05) is 0 Å². The second-order valence-electron chi connectivity index (χ2n) is 4.65. The van der Waals surface area contributed by atoms with E-state index < -0.39 is 12.0 Å². The molecular formula is C12H25N3O2. The maximum absolute atomic E-state index is 10.9. The van der Waals surface area contributed by atoms with Crippen LogP contribution in [0.2, 0.25) is 0 Å². The van der Waals surface area contributed by atoms with Crippen molar-refractivity contribution in [3.63, 3.8) is 0 Å². The number of hydrogen-bond acceptors (Lipinski definition) is 4. The predicted octanol–water partition coefficient (Wildman–Crippen LogP) is 0.0767. The Morgan fingerprint density at radius 2 is 1.76 bits per heavy atom. The summed E-state index contributed by atoms with van der Waals surface area (Å²) in [5.41, 5.74) is 0. The smallest absolute Gasteiger partial charge is 0.320 e. The zero-order valence-electron chi connectivity index (χ0n) is 11.0. The summed E-state index contributed by atoms with van der Waals surface area (Å²) in [7, 11) is 1.71. The molecule has 1 aliphatic rings. The van der Waals surface area contributed by atoms with E-state index in [-0.39, 0.29) is 0 Å². The first-order valence-corrected chi connectivity index (χ1v) is 6.52. The fraction of sp³-hybridized carbons (Fsp3) is 0.917. The Morgan fingerprint density at radius 3 is 2.18 bits per heavy atom. The normalized spacial score (nSPS) is 20.4. The van der Waals surface area contributed by atoms with Crippen molar-refractivity contribution in [2.24, 2.45) is 0 Å². The lowest BCUT2D eigenvalue weighted by Crippen LogP contribution is -2.48. The molecule has 0 amide bonds. The minimum atomic E-state index is -0.753. The molecule has 1 fully saturated rings. The molecule has 0 aromatic rings. The van der Waals surface area contributed by atoms with E-state index in [1.165, 1.54) is 13.0 Å². The third-order valence-electron chi connectivity index (χ3n) is 3.39. The predicted molar refractivity (Wildman–Crippen MR) is 68.3 cm³/mol. The van der Waals surface area contributed by atoms with Crippen LogP contribution in [0.3, 0.4) is 0 Å². The molecule has 0 aliphatic carbocycles. The van der Waals surface area contributed by atoms with Gasteiger partial charge in [0, 0.05) is 32.7 Å². The van der Waals surface area contributed by atoms with Crippen LogP contribution in [0.1, 0.15) is 19.8 Å². The number of aliphatic carboxylic acids is 1. The molecule has 5 heteroatoms. The first kappa shape index (κ1) is 14.4. The minimum absolute atomic E-state index is 0.413. The monoisotopic (exact) mass is 243 g/mol. The van der Waals surface area contributed by atoms with Crippen molar-refractivity contribution in [1.29, 1.82) is 0 Å². The van der Waals surface area contributed by atoms with Crippen molar-refractivity contribution < 1.29 is 9.90 Å². The van der Waals surface area contributed by atoms with E-state index in [1.54, 1.807) is 7.05 Å². The Hall–Kier alpha value is -0.650. The number of carboxylic acid groups (broad SMARTS) is 1. The van der Waals surface area contributed by atoms with Gasteiger partial charge in [-0.2, -0.15) is 0 Å². The Labute approximate surface area is 104 Å². The minimum Gasteiger partial charge on any atom is -0.480 e. The van der Waals surface area contributed by atoms with Crippen LogP contribution >= 0.6 is 0 Å². The maximum atomic E-state index is 10.9. The average Bonchev–Trinajstić information content (AvgIpc) is 2.32. The lowest BCUT2D eigenvalue weighted by Gasteiger charge is -2.34. The maximum Gasteiger partial charge on any atom is 0.320 e. The van der Waals surface area contributed by atoms with Crippen molar-refractivity contribution in [2.75, 3.05) is 46.3 Å². The van der Waals surface area contributed by atoms with Crippen molar-refractivity contribution in [3.05, 3.63) is 0 Å². The highest BCUT2D eigenvalue weighted by molar-refractivity contribution is 5.73. The number of carbonyl (C=O) groups is 1. The summed E-state index contributed by atoms with van der Waals surface area (Å²) in [6, 6.07) is -0.413. The highest BCUT2D eigenvalue weighted by Gasteiger charge is 2.19. The molecular weight excluding hydrogens is 218 g/mol. The highest BCUT2D eigenvalue weighted by Crippen LogP contribution is 2.04. The van der Waals surface area contributed by atoms with Crippen LogP contribution in [0.4, 0.5) is 0 Å². The number of rotatable bonds is 7. The number of nitrogens with zero attached hydrogens (tertiary/aromatic N) is 2. The molecule has 0 radical (unpaired) electrons. The largest absolute Gasteiger partial charge is 0.480 e. The number of hydrogen-bond donors (Lipinski definition) is 2. The fourth-order valence-electron chi connectivity index (χ4n) is 2.26. The Morgan fingerprint density at radius 1 is 1.24 bits per heavy atom. The summed E-state index contributed by atoms with van der Waals surface area (Å²) in [6.45, 7) is 8.62. The fourth-order valence-corrected chi connectivity index (χ4v) is 2.26. The number of nitrogens with one attached hydrogen (secondary N) is 1. The number of likely N-dealkylation sites (N-methyl/N-ethyl adjacent to an activating group) is 1. The summed E-state index contributed by atoms with van der Waals surface area (Å²) < 4.78 is 0. The molecule has 0 saturated carbocycles. The SMILES string of the molecule is CCCN1CCN(CCC(NC)C(=O)O)CC1. The molecule has 1 saturated heterocycles. The van der Waals surface area contributed by atoms with Crippen LogP contribution in [0.15, 0.2) is 0 Å². The van der Waals surface area contributed by atoms with Crippen LogP contribution in [0, 0.1) is 0 Å². The highest BCUT2D eigenvalue weighted by atomic mass is 16.4. The standard InChI is InChI=1S/C12H25N3O2/c1-3-5-14-7-9-15(10-8-14)6-4-11(13-2)12(16)17/h11,13H,3-10H2,1-2H3,(H,16,17). The van der Waals surface area contributed by atoms with Crippen molar-refractivity contribution >= 4 is 5.97 Å². The van der Waals surface area contributed by atoms with Crippen molar-refractivity contribution in [3.8, 4) is 0 Å². The van der Waals surface area contributed by atoms with Gasteiger partial charge in [-0.3, -0.25) is 4.79 Å². The van der Waals surface area contributed by atoms with Crippen molar-refractivity contribution in [2.45, 2.75) is 25.8 Å². The molecule has 0 bridgehead atoms. The van der Waals surface area contributed by atoms with Gasteiger partial charge in [0.15, 0.2) is 0 Å². The van der Waals surface area contributed by atoms with E-state index in [9.17, 15) is 4.79 Å². The molecule has 1 aliphatic heterocycles. The molecule has 2 N–H and O–H groups in total. The van der Waals surface area contributed by atoms with Gasteiger partial charge < -0.3 is 20.2 Å². The van der Waals surface area contributed by atoms with Gasteiger partial charge in [0.25, 0.3) is 0 Å². The molecule has 1 unspecified atom stereocenters. The van der Waals surface area contributed by atoms with Crippen LogP contribution in [0.25, 0.3) is 0 Å². The number of carboxylic acids is 1. The first-order valence-electron chi connectivity index (χ1n) is 6.52. The van der Waals surface area contributed by atoms with Crippen LogP contribution in [-0.4, -0.2) is 73.2 Å². The van der Waals surface area contributed by atoms with E-state index in [4.69, 9.17) is 5.11 Å². The molecule has 5 nitrogen and oxygen atoms in total. The third-order valence-corrected chi connectivity index (χ3v) is 3.39. The summed E-state index contributed by atoms with van der Waals surface area (Å²) >= 11 is 0. The van der Waals surface area contributed by atoms with E-state index in [0.717, 1.165) is 32.7 Å². The topological polar surface area (TPSA) is 55.8 Å². The van der Waals surface area contributed by atoms with E-state index in [2.05, 4.69) is 22.0 Å². The molecule has 1 atom stereocenters. The summed E-state index contributed by atoms with van der Waals surface area (Å²) in [4.78, 5) is 15.7. The summed E-state index contributed by atoms with van der Waals surface area (Å²) in [5, 5.41) is 11.8.